The van der Waals surface area contributed by atoms with E-state index in [0.717, 1.165) is 33.4 Å². The third-order valence-corrected chi connectivity index (χ3v) is 9.84. The third-order valence-electron chi connectivity index (χ3n) is 9.84. The van der Waals surface area contributed by atoms with Gasteiger partial charge in [0.1, 0.15) is 0 Å². The molecule has 0 amide bonds. The summed E-state index contributed by atoms with van der Waals surface area (Å²) in [5.41, 5.74) is 12.3. The van der Waals surface area contributed by atoms with Crippen LogP contribution in [0.25, 0.3) is 43.9 Å². The molecule has 6 aromatic carbocycles. The number of hydrogen-bond donors (Lipinski definition) is 0. The molecule has 2 aliphatic carbocycles. The van der Waals surface area contributed by atoms with E-state index in [9.17, 15) is 0 Å². The smallest absolute Gasteiger partial charge is 0.0522 e. The Morgan fingerprint density at radius 2 is 1.27 bits per heavy atom. The maximum absolute atomic E-state index is 5.11. The van der Waals surface area contributed by atoms with E-state index < -0.39 is 0 Å². The van der Waals surface area contributed by atoms with Crippen molar-refractivity contribution in [2.24, 2.45) is 0 Å². The zero-order valence-corrected chi connectivity index (χ0v) is 27.2. The second kappa shape index (κ2) is 11.4. The van der Waals surface area contributed by atoms with Crippen LogP contribution in [0.1, 0.15) is 42.2 Å². The standard InChI is InChI=1S/C42H31N2.Ir/c1-3-10-28(11-4-1)29-20-22-33(23-21-29)44(39-16-8-7-14-34(39)30-12-5-2-6-13-30)40-17-9-15-36-35(40)24-25-37-41-32-19-18-31(26-32)38(41)27-43-42(36)37;/h1-14,16-17,20-25,27,31-32H,18-19,26H2;/q-1;. The topological polar surface area (TPSA) is 16.1 Å². The van der Waals surface area contributed by atoms with Crippen molar-refractivity contribution in [3.8, 4) is 22.3 Å². The van der Waals surface area contributed by atoms with E-state index in [4.69, 9.17) is 4.98 Å². The number of aromatic nitrogens is 1. The Balaban J connectivity index is 0.00000300. The van der Waals surface area contributed by atoms with E-state index in [2.05, 4.69) is 151 Å². The van der Waals surface area contributed by atoms with Crippen molar-refractivity contribution in [2.45, 2.75) is 31.1 Å². The number of anilines is 3. The van der Waals surface area contributed by atoms with E-state index in [-0.39, 0.29) is 20.1 Å². The minimum Gasteiger partial charge on any atom is -0.327 e. The summed E-state index contributed by atoms with van der Waals surface area (Å²) in [7, 11) is 0. The molecule has 0 spiro atoms. The summed E-state index contributed by atoms with van der Waals surface area (Å²) in [6.07, 6.45) is 6.09. The van der Waals surface area contributed by atoms with Crippen molar-refractivity contribution in [2.75, 3.05) is 4.90 Å². The molecule has 1 radical (unpaired) electrons. The van der Waals surface area contributed by atoms with Crippen molar-refractivity contribution in [3.05, 3.63) is 157 Å². The Labute approximate surface area is 277 Å². The first-order valence-corrected chi connectivity index (χ1v) is 15.7. The van der Waals surface area contributed by atoms with E-state index in [1.165, 1.54) is 52.5 Å². The van der Waals surface area contributed by atoms with Gasteiger partial charge in [0, 0.05) is 37.6 Å². The number of rotatable bonds is 5. The van der Waals surface area contributed by atoms with Gasteiger partial charge in [-0.3, -0.25) is 0 Å². The number of benzene rings is 6. The fourth-order valence-electron chi connectivity index (χ4n) is 7.83. The van der Waals surface area contributed by atoms with Crippen LogP contribution in [0.2, 0.25) is 0 Å². The molecule has 0 saturated heterocycles. The maximum atomic E-state index is 5.11. The Kier molecular flexibility index (Phi) is 7.09. The first-order valence-electron chi connectivity index (χ1n) is 15.7. The molecular formula is C42H31IrN2-. The molecule has 2 nitrogen and oxygen atoms in total. The quantitative estimate of drug-likeness (QED) is 0.128. The molecule has 2 bridgehead atoms. The van der Waals surface area contributed by atoms with Gasteiger partial charge in [0.15, 0.2) is 0 Å². The molecule has 2 unspecified atom stereocenters. The summed E-state index contributed by atoms with van der Waals surface area (Å²) < 4.78 is 0. The molecule has 7 aromatic rings. The summed E-state index contributed by atoms with van der Waals surface area (Å²) in [4.78, 5) is 7.52. The van der Waals surface area contributed by atoms with Gasteiger partial charge in [-0.25, -0.2) is 0 Å². The van der Waals surface area contributed by atoms with Crippen LogP contribution in [0, 0.1) is 6.07 Å². The first-order chi connectivity index (χ1) is 21.8. The number of fused-ring (bicyclic) bond motifs is 9. The van der Waals surface area contributed by atoms with Crippen LogP contribution in [0.5, 0.6) is 0 Å². The van der Waals surface area contributed by atoms with Crippen molar-refractivity contribution in [1.29, 1.82) is 0 Å². The molecule has 219 valence electrons. The Morgan fingerprint density at radius 1 is 0.600 bits per heavy atom. The molecule has 1 saturated carbocycles. The molecule has 3 heteroatoms. The molecule has 1 aromatic heterocycles. The minimum atomic E-state index is 0. The fourth-order valence-corrected chi connectivity index (χ4v) is 7.83. The Morgan fingerprint density at radius 3 is 2.07 bits per heavy atom. The van der Waals surface area contributed by atoms with Gasteiger partial charge in [0.2, 0.25) is 0 Å². The van der Waals surface area contributed by atoms with E-state index in [0.29, 0.717) is 11.8 Å². The number of para-hydroxylation sites is 1. The average molecular weight is 756 g/mol. The van der Waals surface area contributed by atoms with Gasteiger partial charge in [0.25, 0.3) is 0 Å². The van der Waals surface area contributed by atoms with Gasteiger partial charge >= 0.3 is 0 Å². The molecule has 2 aliphatic rings. The van der Waals surface area contributed by atoms with Crippen LogP contribution in [0.3, 0.4) is 0 Å². The van der Waals surface area contributed by atoms with Gasteiger partial charge in [-0.1, -0.05) is 109 Å². The first kappa shape index (κ1) is 28.0. The second-order valence-electron chi connectivity index (χ2n) is 12.2. The zero-order chi connectivity index (χ0) is 29.0. The average Bonchev–Trinajstić information content (AvgIpc) is 3.73. The van der Waals surface area contributed by atoms with Crippen molar-refractivity contribution < 1.29 is 20.1 Å². The van der Waals surface area contributed by atoms with Crippen LogP contribution in [0.15, 0.2) is 140 Å². The molecule has 2 atom stereocenters. The van der Waals surface area contributed by atoms with Gasteiger partial charge in [-0.15, -0.1) is 23.6 Å². The molecular weight excluding hydrogens is 725 g/mol. The van der Waals surface area contributed by atoms with Crippen LogP contribution < -0.4 is 4.90 Å². The fraction of sp³-hybridized carbons (Fsp3) is 0.119. The summed E-state index contributed by atoms with van der Waals surface area (Å²) in [6.45, 7) is 0. The third kappa shape index (κ3) is 4.62. The van der Waals surface area contributed by atoms with Crippen LogP contribution >= 0.6 is 0 Å². The zero-order valence-electron chi connectivity index (χ0n) is 24.8. The SMILES string of the molecule is [Ir].[c-]1ccc(N(c2ccc(-c3ccccc3)cc2)c2ccccc2-c2ccccc2)c2ccc3c4c(cnc3c12)C1CCC4C1. The summed E-state index contributed by atoms with van der Waals surface area (Å²) in [5.74, 6) is 1.38. The number of hydrogen-bond acceptors (Lipinski definition) is 2. The molecule has 45 heavy (non-hydrogen) atoms. The molecule has 9 rings (SSSR count). The maximum Gasteiger partial charge on any atom is 0.0522 e. The molecule has 0 aliphatic heterocycles. The van der Waals surface area contributed by atoms with Crippen molar-refractivity contribution in [1.82, 2.24) is 4.98 Å². The second-order valence-corrected chi connectivity index (χ2v) is 12.2. The minimum absolute atomic E-state index is 0. The number of nitrogens with zero attached hydrogens (tertiary/aromatic N) is 2. The molecule has 0 N–H and O–H groups in total. The van der Waals surface area contributed by atoms with Crippen LogP contribution in [-0.2, 0) is 20.1 Å². The van der Waals surface area contributed by atoms with Crippen LogP contribution in [-0.4, -0.2) is 4.98 Å². The summed E-state index contributed by atoms with van der Waals surface area (Å²) >= 11 is 0. The predicted molar refractivity (Wildman–Crippen MR) is 183 cm³/mol. The van der Waals surface area contributed by atoms with Gasteiger partial charge < -0.3 is 9.88 Å². The van der Waals surface area contributed by atoms with Crippen molar-refractivity contribution >= 4 is 38.7 Å². The molecule has 1 heterocycles. The van der Waals surface area contributed by atoms with Gasteiger partial charge in [-0.05, 0) is 93.7 Å². The van der Waals surface area contributed by atoms with Gasteiger partial charge in [0.05, 0.1) is 5.69 Å². The Bertz CT molecular complexity index is 2160. The van der Waals surface area contributed by atoms with Crippen LogP contribution in [0.4, 0.5) is 17.1 Å². The summed E-state index contributed by atoms with van der Waals surface area (Å²) in [5, 5.41) is 3.57. The largest absolute Gasteiger partial charge is 0.327 e. The van der Waals surface area contributed by atoms with E-state index in [1.54, 1.807) is 5.56 Å². The normalized spacial score (nSPS) is 16.4. The molecule has 1 fully saturated rings. The van der Waals surface area contributed by atoms with Gasteiger partial charge in [-0.2, -0.15) is 0 Å². The van der Waals surface area contributed by atoms with E-state index in [1.807, 2.05) is 0 Å². The van der Waals surface area contributed by atoms with Crippen molar-refractivity contribution in [3.63, 3.8) is 0 Å². The monoisotopic (exact) mass is 756 g/mol. The predicted octanol–water partition coefficient (Wildman–Crippen LogP) is 11.4. The Hall–Kier alpha value is -4.56. The summed E-state index contributed by atoms with van der Waals surface area (Å²) in [6, 6.07) is 51.5. The number of pyridine rings is 1. The van der Waals surface area contributed by atoms with E-state index >= 15 is 0 Å².